The van der Waals surface area contributed by atoms with Crippen LogP contribution in [0, 0.1) is 17.8 Å². The Kier molecular flexibility index (Phi) is 5.08. The molecule has 3 nitrogen and oxygen atoms in total. The predicted octanol–water partition coefficient (Wildman–Crippen LogP) is 6.30. The first-order valence-electron chi connectivity index (χ1n) is 11.6. The lowest BCUT2D eigenvalue weighted by atomic mass is 9.48. The van der Waals surface area contributed by atoms with Gasteiger partial charge < -0.3 is 10.1 Å². The van der Waals surface area contributed by atoms with Gasteiger partial charge in [0.1, 0.15) is 5.75 Å². The summed E-state index contributed by atoms with van der Waals surface area (Å²) in [6, 6.07) is 16.6. The van der Waals surface area contributed by atoms with Crippen LogP contribution in [0.4, 0.5) is 5.69 Å². The van der Waals surface area contributed by atoms with Gasteiger partial charge in [-0.2, -0.15) is 0 Å². The highest BCUT2D eigenvalue weighted by molar-refractivity contribution is 5.91. The third-order valence-electron chi connectivity index (χ3n) is 7.72. The molecule has 4 aliphatic rings. The first-order valence-corrected chi connectivity index (χ1v) is 11.6. The number of carbonyl (C=O) groups is 1. The maximum Gasteiger partial charge on any atom is 0.262 e. The normalized spacial score (nSPS) is 29.2. The lowest BCUT2D eigenvalue weighted by molar-refractivity contribution is -0.118. The van der Waals surface area contributed by atoms with E-state index in [1.165, 1.54) is 44.1 Å². The molecule has 0 heterocycles. The van der Waals surface area contributed by atoms with Gasteiger partial charge in [-0.05, 0) is 96.9 Å². The lowest BCUT2D eigenvalue weighted by Gasteiger charge is -2.57. The van der Waals surface area contributed by atoms with Gasteiger partial charge >= 0.3 is 0 Å². The van der Waals surface area contributed by atoms with E-state index in [2.05, 4.69) is 49.5 Å². The number of nitrogens with one attached hydrogen (secondary N) is 1. The van der Waals surface area contributed by atoms with E-state index in [-0.39, 0.29) is 12.5 Å². The Morgan fingerprint density at radius 1 is 0.967 bits per heavy atom. The molecule has 158 valence electrons. The zero-order chi connectivity index (χ0) is 20.7. The predicted molar refractivity (Wildman–Crippen MR) is 121 cm³/mol. The Labute approximate surface area is 180 Å². The Morgan fingerprint density at radius 2 is 1.57 bits per heavy atom. The van der Waals surface area contributed by atoms with Crippen LogP contribution in [0.2, 0.25) is 0 Å². The van der Waals surface area contributed by atoms with Gasteiger partial charge in [0.25, 0.3) is 5.91 Å². The van der Waals surface area contributed by atoms with Gasteiger partial charge in [0.05, 0.1) is 0 Å². The van der Waals surface area contributed by atoms with Gasteiger partial charge in [-0.25, -0.2) is 0 Å². The number of carbonyl (C=O) groups excluding carboxylic acids is 1. The summed E-state index contributed by atoms with van der Waals surface area (Å²) in [5, 5.41) is 3.00. The van der Waals surface area contributed by atoms with Crippen molar-refractivity contribution in [1.29, 1.82) is 0 Å². The fraction of sp³-hybridized carbons (Fsp3) is 0.519. The van der Waals surface area contributed by atoms with Crippen molar-refractivity contribution >= 4 is 11.6 Å². The first kappa shape index (κ1) is 19.7. The van der Waals surface area contributed by atoms with Crippen LogP contribution in [0.3, 0.4) is 0 Å². The second kappa shape index (κ2) is 7.76. The number of hydrogen-bond acceptors (Lipinski definition) is 2. The molecule has 4 fully saturated rings. The second-order valence-corrected chi connectivity index (χ2v) is 10.3. The average Bonchev–Trinajstić information content (AvgIpc) is 2.72. The van der Waals surface area contributed by atoms with E-state index in [1.54, 1.807) is 0 Å². The quantitative estimate of drug-likeness (QED) is 0.615. The summed E-state index contributed by atoms with van der Waals surface area (Å²) in [6.07, 6.45) is 8.50. The van der Waals surface area contributed by atoms with Crippen molar-refractivity contribution < 1.29 is 9.53 Å². The summed E-state index contributed by atoms with van der Waals surface area (Å²) in [5.41, 5.74) is 3.88. The van der Waals surface area contributed by atoms with Crippen molar-refractivity contribution in [1.82, 2.24) is 0 Å². The topological polar surface area (TPSA) is 38.3 Å². The van der Waals surface area contributed by atoms with E-state index >= 15 is 0 Å². The minimum Gasteiger partial charge on any atom is -0.483 e. The summed E-state index contributed by atoms with van der Waals surface area (Å²) in [7, 11) is 0. The fourth-order valence-electron chi connectivity index (χ4n) is 6.80. The van der Waals surface area contributed by atoms with Crippen molar-refractivity contribution in [3.8, 4) is 5.75 Å². The molecule has 6 rings (SSSR count). The molecule has 0 saturated heterocycles. The molecule has 0 atom stereocenters. The van der Waals surface area contributed by atoms with Gasteiger partial charge in [0.2, 0.25) is 0 Å². The van der Waals surface area contributed by atoms with Crippen LogP contribution in [0.25, 0.3) is 0 Å². The Bertz CT molecular complexity index is 879. The van der Waals surface area contributed by atoms with Crippen molar-refractivity contribution in [3.63, 3.8) is 0 Å². The van der Waals surface area contributed by atoms with E-state index in [0.717, 1.165) is 34.8 Å². The van der Waals surface area contributed by atoms with Gasteiger partial charge in [0.15, 0.2) is 6.61 Å². The minimum atomic E-state index is -0.115. The van der Waals surface area contributed by atoms with E-state index in [0.29, 0.717) is 11.3 Å². The molecule has 4 aliphatic carbocycles. The monoisotopic (exact) mass is 403 g/mol. The van der Waals surface area contributed by atoms with Crippen LogP contribution >= 0.6 is 0 Å². The summed E-state index contributed by atoms with van der Waals surface area (Å²) >= 11 is 0. The van der Waals surface area contributed by atoms with Crippen molar-refractivity contribution in [2.45, 2.75) is 63.7 Å². The van der Waals surface area contributed by atoms with E-state index in [4.69, 9.17) is 4.74 Å². The molecule has 1 N–H and O–H groups in total. The number of ether oxygens (including phenoxy) is 1. The molecular weight excluding hydrogens is 370 g/mol. The number of hydrogen-bond donors (Lipinski definition) is 1. The van der Waals surface area contributed by atoms with Crippen LogP contribution in [-0.4, -0.2) is 12.5 Å². The molecule has 0 spiro atoms. The lowest BCUT2D eigenvalue weighted by Crippen LogP contribution is -2.48. The van der Waals surface area contributed by atoms with E-state index in [9.17, 15) is 4.79 Å². The van der Waals surface area contributed by atoms with Gasteiger partial charge in [-0.15, -0.1) is 0 Å². The molecule has 4 bridgehead atoms. The maximum atomic E-state index is 12.4. The van der Waals surface area contributed by atoms with Crippen LogP contribution in [0.5, 0.6) is 5.75 Å². The smallest absolute Gasteiger partial charge is 0.262 e. The Hall–Kier alpha value is -2.29. The molecule has 0 radical (unpaired) electrons. The molecule has 3 heteroatoms. The van der Waals surface area contributed by atoms with Crippen LogP contribution in [-0.2, 0) is 10.2 Å². The minimum absolute atomic E-state index is 0.0282. The SMILES string of the molecule is CC(C)c1ccccc1OCC(=O)Nc1ccc(C23CC4CC(CC(C4)C2)C3)cc1. The first-order chi connectivity index (χ1) is 14.5. The van der Waals surface area contributed by atoms with Crippen LogP contribution in [0.1, 0.15) is 69.4 Å². The number of para-hydroxylation sites is 1. The Morgan fingerprint density at radius 3 is 2.17 bits per heavy atom. The Balaban J connectivity index is 1.21. The summed E-state index contributed by atoms with van der Waals surface area (Å²) < 4.78 is 5.81. The van der Waals surface area contributed by atoms with Crippen molar-refractivity contribution in [2.75, 3.05) is 11.9 Å². The molecule has 0 aliphatic heterocycles. The zero-order valence-electron chi connectivity index (χ0n) is 18.2. The van der Waals surface area contributed by atoms with E-state index in [1.807, 2.05) is 18.2 Å². The molecule has 0 aromatic heterocycles. The summed E-state index contributed by atoms with van der Waals surface area (Å²) in [4.78, 5) is 12.4. The highest BCUT2D eigenvalue weighted by Crippen LogP contribution is 2.60. The summed E-state index contributed by atoms with van der Waals surface area (Å²) in [5.74, 6) is 3.88. The average molecular weight is 404 g/mol. The third-order valence-corrected chi connectivity index (χ3v) is 7.72. The number of rotatable bonds is 6. The number of amides is 1. The molecule has 0 unspecified atom stereocenters. The zero-order valence-corrected chi connectivity index (χ0v) is 18.2. The molecular formula is C27H33NO2. The second-order valence-electron chi connectivity index (χ2n) is 10.3. The van der Waals surface area contributed by atoms with Gasteiger partial charge in [-0.3, -0.25) is 4.79 Å². The molecule has 2 aromatic carbocycles. The fourth-order valence-corrected chi connectivity index (χ4v) is 6.80. The van der Waals surface area contributed by atoms with Crippen molar-refractivity contribution in [3.05, 3.63) is 59.7 Å². The molecule has 4 saturated carbocycles. The molecule has 1 amide bonds. The maximum absolute atomic E-state index is 12.4. The van der Waals surface area contributed by atoms with Gasteiger partial charge in [-0.1, -0.05) is 44.2 Å². The third kappa shape index (κ3) is 3.75. The van der Waals surface area contributed by atoms with Crippen LogP contribution < -0.4 is 10.1 Å². The molecule has 2 aromatic rings. The molecule has 30 heavy (non-hydrogen) atoms. The standard InChI is InChI=1S/C27H33NO2/c1-18(2)24-5-3-4-6-25(24)30-17-26(29)28-23-9-7-22(8-10-23)27-14-19-11-20(15-27)13-21(12-19)16-27/h3-10,18-21H,11-17H2,1-2H3,(H,28,29). The number of anilines is 1. The highest BCUT2D eigenvalue weighted by atomic mass is 16.5. The van der Waals surface area contributed by atoms with Crippen molar-refractivity contribution in [2.24, 2.45) is 17.8 Å². The number of benzene rings is 2. The van der Waals surface area contributed by atoms with E-state index < -0.39 is 0 Å². The van der Waals surface area contributed by atoms with Gasteiger partial charge in [0, 0.05) is 5.69 Å². The largest absolute Gasteiger partial charge is 0.483 e. The van der Waals surface area contributed by atoms with Crippen LogP contribution in [0.15, 0.2) is 48.5 Å². The summed E-state index contributed by atoms with van der Waals surface area (Å²) in [6.45, 7) is 4.29. The highest BCUT2D eigenvalue weighted by Gasteiger charge is 2.51.